The van der Waals surface area contributed by atoms with Crippen LogP contribution in [0.2, 0.25) is 0 Å². The molecule has 1 aromatic carbocycles. The highest BCUT2D eigenvalue weighted by atomic mass is 16.3. The number of nitrogens with two attached hydrogens (primary N) is 1. The van der Waals surface area contributed by atoms with Crippen LogP contribution in [0.3, 0.4) is 0 Å². The molecule has 92 valence electrons. The van der Waals surface area contributed by atoms with Gasteiger partial charge in [0.25, 0.3) is 5.91 Å². The smallest absolute Gasteiger partial charge is 0.258 e. The zero-order valence-electron chi connectivity index (χ0n) is 9.93. The maximum absolute atomic E-state index is 12.0. The lowest BCUT2D eigenvalue weighted by atomic mass is 10.1. The number of phenolic OH excluding ortho intramolecular Hbond substituents is 1. The van der Waals surface area contributed by atoms with Crippen molar-refractivity contribution in [3.63, 3.8) is 0 Å². The van der Waals surface area contributed by atoms with Crippen LogP contribution in [0, 0.1) is 6.92 Å². The van der Waals surface area contributed by atoms with E-state index in [1.807, 2.05) is 6.92 Å². The third-order valence-electron chi connectivity index (χ3n) is 2.40. The van der Waals surface area contributed by atoms with Crippen molar-refractivity contribution in [1.82, 2.24) is 4.90 Å². The van der Waals surface area contributed by atoms with Gasteiger partial charge in [0.05, 0.1) is 12.1 Å². The fraction of sp³-hybridized carbons (Fsp3) is 0.333. The standard InChI is InChI=1S/C12H16N2O3/c1-3-14(7-11(13)16)12(17)9-5-4-8(2)6-10(9)15/h4-6,15H,3,7H2,1-2H3,(H2,13,16). The average molecular weight is 236 g/mol. The van der Waals surface area contributed by atoms with Gasteiger partial charge in [-0.05, 0) is 31.5 Å². The highest BCUT2D eigenvalue weighted by molar-refractivity contribution is 5.98. The fourth-order valence-electron chi connectivity index (χ4n) is 1.51. The molecule has 0 radical (unpaired) electrons. The first kappa shape index (κ1) is 13.0. The van der Waals surface area contributed by atoms with Crippen molar-refractivity contribution in [2.24, 2.45) is 5.73 Å². The van der Waals surface area contributed by atoms with Crippen molar-refractivity contribution >= 4 is 11.8 Å². The largest absolute Gasteiger partial charge is 0.507 e. The summed E-state index contributed by atoms with van der Waals surface area (Å²) in [7, 11) is 0. The molecule has 1 aromatic rings. The van der Waals surface area contributed by atoms with Crippen LogP contribution in [0.15, 0.2) is 18.2 Å². The summed E-state index contributed by atoms with van der Waals surface area (Å²) in [6.45, 7) is 3.76. The number of benzene rings is 1. The van der Waals surface area contributed by atoms with Crippen LogP contribution in [-0.4, -0.2) is 34.9 Å². The Hall–Kier alpha value is -2.04. The van der Waals surface area contributed by atoms with E-state index in [4.69, 9.17) is 5.73 Å². The van der Waals surface area contributed by atoms with E-state index in [2.05, 4.69) is 0 Å². The van der Waals surface area contributed by atoms with Crippen molar-refractivity contribution in [2.75, 3.05) is 13.1 Å². The molecule has 0 aromatic heterocycles. The molecule has 0 bridgehead atoms. The van der Waals surface area contributed by atoms with Crippen molar-refractivity contribution in [3.8, 4) is 5.75 Å². The highest BCUT2D eigenvalue weighted by Crippen LogP contribution is 2.20. The summed E-state index contributed by atoms with van der Waals surface area (Å²) < 4.78 is 0. The maximum atomic E-state index is 12.0. The minimum Gasteiger partial charge on any atom is -0.507 e. The number of rotatable bonds is 4. The van der Waals surface area contributed by atoms with Gasteiger partial charge >= 0.3 is 0 Å². The number of carbonyl (C=O) groups is 2. The van der Waals surface area contributed by atoms with Gasteiger partial charge in [-0.1, -0.05) is 6.07 Å². The van der Waals surface area contributed by atoms with Crippen molar-refractivity contribution in [3.05, 3.63) is 29.3 Å². The van der Waals surface area contributed by atoms with Gasteiger partial charge in [0, 0.05) is 6.54 Å². The highest BCUT2D eigenvalue weighted by Gasteiger charge is 2.18. The lowest BCUT2D eigenvalue weighted by Crippen LogP contribution is -2.38. The van der Waals surface area contributed by atoms with Crippen LogP contribution >= 0.6 is 0 Å². The molecular weight excluding hydrogens is 220 g/mol. The summed E-state index contributed by atoms with van der Waals surface area (Å²) >= 11 is 0. The van der Waals surface area contributed by atoms with E-state index in [1.54, 1.807) is 13.0 Å². The molecule has 17 heavy (non-hydrogen) atoms. The van der Waals surface area contributed by atoms with Crippen molar-refractivity contribution in [1.29, 1.82) is 0 Å². The maximum Gasteiger partial charge on any atom is 0.258 e. The van der Waals surface area contributed by atoms with E-state index < -0.39 is 11.8 Å². The van der Waals surface area contributed by atoms with E-state index in [9.17, 15) is 14.7 Å². The molecule has 0 saturated heterocycles. The number of aryl methyl sites for hydroxylation is 1. The van der Waals surface area contributed by atoms with Gasteiger partial charge < -0.3 is 15.7 Å². The molecule has 0 saturated carbocycles. The van der Waals surface area contributed by atoms with Crippen molar-refractivity contribution < 1.29 is 14.7 Å². The fourth-order valence-corrected chi connectivity index (χ4v) is 1.51. The van der Waals surface area contributed by atoms with Gasteiger partial charge in [-0.25, -0.2) is 0 Å². The number of carbonyl (C=O) groups excluding carboxylic acids is 2. The molecule has 5 nitrogen and oxygen atoms in total. The van der Waals surface area contributed by atoms with Gasteiger partial charge in [-0.3, -0.25) is 9.59 Å². The summed E-state index contributed by atoms with van der Waals surface area (Å²) in [6.07, 6.45) is 0. The van der Waals surface area contributed by atoms with Crippen LogP contribution < -0.4 is 5.73 Å². The Balaban J connectivity index is 2.97. The Morgan fingerprint density at radius 1 is 1.41 bits per heavy atom. The van der Waals surface area contributed by atoms with Crippen LogP contribution in [-0.2, 0) is 4.79 Å². The Morgan fingerprint density at radius 2 is 2.06 bits per heavy atom. The average Bonchev–Trinajstić information content (AvgIpc) is 2.24. The summed E-state index contributed by atoms with van der Waals surface area (Å²) in [4.78, 5) is 24.1. The van der Waals surface area contributed by atoms with E-state index in [0.717, 1.165) is 5.56 Å². The number of phenols is 1. The minimum atomic E-state index is -0.577. The Labute approximate surface area is 99.8 Å². The molecule has 0 heterocycles. The first-order valence-electron chi connectivity index (χ1n) is 5.33. The van der Waals surface area contributed by atoms with E-state index in [0.29, 0.717) is 6.54 Å². The topological polar surface area (TPSA) is 83.6 Å². The molecule has 0 unspecified atom stereocenters. The number of aromatic hydroxyl groups is 1. The first-order chi connectivity index (χ1) is 7.95. The lowest BCUT2D eigenvalue weighted by molar-refractivity contribution is -0.118. The van der Waals surface area contributed by atoms with Gasteiger partial charge in [0.15, 0.2) is 0 Å². The zero-order valence-corrected chi connectivity index (χ0v) is 9.93. The first-order valence-corrected chi connectivity index (χ1v) is 5.33. The van der Waals surface area contributed by atoms with Gasteiger partial charge in [0.2, 0.25) is 5.91 Å². The van der Waals surface area contributed by atoms with Crippen LogP contribution in [0.4, 0.5) is 0 Å². The second kappa shape index (κ2) is 5.34. The molecule has 0 fully saturated rings. The van der Waals surface area contributed by atoms with E-state index >= 15 is 0 Å². The molecule has 0 atom stereocenters. The minimum absolute atomic E-state index is 0.0853. The summed E-state index contributed by atoms with van der Waals surface area (Å²) in [5.41, 5.74) is 6.09. The quantitative estimate of drug-likeness (QED) is 0.805. The molecule has 0 aliphatic carbocycles. The van der Waals surface area contributed by atoms with Gasteiger partial charge in [-0.2, -0.15) is 0 Å². The molecule has 3 N–H and O–H groups in total. The van der Waals surface area contributed by atoms with E-state index in [-0.39, 0.29) is 17.9 Å². The third-order valence-corrected chi connectivity index (χ3v) is 2.40. The summed E-state index contributed by atoms with van der Waals surface area (Å²) in [5.74, 6) is -1.06. The molecule has 1 rings (SSSR count). The Morgan fingerprint density at radius 3 is 2.53 bits per heavy atom. The number of likely N-dealkylation sites (N-methyl/N-ethyl adjacent to an activating group) is 1. The molecule has 2 amide bonds. The van der Waals surface area contributed by atoms with Crippen LogP contribution in [0.1, 0.15) is 22.8 Å². The molecular formula is C12H16N2O3. The number of amides is 2. The van der Waals surface area contributed by atoms with Crippen molar-refractivity contribution in [2.45, 2.75) is 13.8 Å². The normalized spacial score (nSPS) is 10.0. The molecule has 5 heteroatoms. The van der Waals surface area contributed by atoms with Gasteiger partial charge in [-0.15, -0.1) is 0 Å². The molecule has 0 aliphatic heterocycles. The second-order valence-corrected chi connectivity index (χ2v) is 3.81. The van der Waals surface area contributed by atoms with Gasteiger partial charge in [0.1, 0.15) is 5.75 Å². The van der Waals surface area contributed by atoms with E-state index in [1.165, 1.54) is 17.0 Å². The third kappa shape index (κ3) is 3.21. The number of hydrogen-bond donors (Lipinski definition) is 2. The predicted octanol–water partition coefficient (Wildman–Crippen LogP) is 0.648. The number of hydrogen-bond acceptors (Lipinski definition) is 3. The summed E-state index contributed by atoms with van der Waals surface area (Å²) in [5, 5.41) is 9.68. The summed E-state index contributed by atoms with van der Waals surface area (Å²) in [6, 6.07) is 4.77. The molecule has 0 spiro atoms. The number of nitrogens with zero attached hydrogens (tertiary/aromatic N) is 1. The second-order valence-electron chi connectivity index (χ2n) is 3.81. The number of primary amides is 1. The monoisotopic (exact) mass is 236 g/mol. The van der Waals surface area contributed by atoms with Crippen LogP contribution in [0.25, 0.3) is 0 Å². The lowest BCUT2D eigenvalue weighted by Gasteiger charge is -2.19. The SMILES string of the molecule is CCN(CC(N)=O)C(=O)c1ccc(C)cc1O. The predicted molar refractivity (Wildman–Crippen MR) is 63.6 cm³/mol. The zero-order chi connectivity index (χ0) is 13.0. The Bertz CT molecular complexity index is 443. The van der Waals surface area contributed by atoms with Crippen LogP contribution in [0.5, 0.6) is 5.75 Å². The Kier molecular flexibility index (Phi) is 4.09. The molecule has 0 aliphatic rings.